The van der Waals surface area contributed by atoms with Gasteiger partial charge in [0.25, 0.3) is 5.91 Å². The van der Waals surface area contributed by atoms with Gasteiger partial charge in [0.15, 0.2) is 0 Å². The van der Waals surface area contributed by atoms with Crippen LogP contribution in [-0.4, -0.2) is 55.2 Å². The van der Waals surface area contributed by atoms with Crippen LogP contribution in [0.4, 0.5) is 11.5 Å². The molecule has 1 aliphatic heterocycles. The standard InChI is InChI=1S/C19H23ClN4O2/c1-14-2-3-16(20)13-17(14)23-19(25)15-4-5-21-18(12-15)22-6-7-24-8-10-26-11-9-24/h2-5,12-13H,6-11H2,1H3,(H,21,22)(H,23,25). The number of aromatic nitrogens is 1. The van der Waals surface area contributed by atoms with Gasteiger partial charge in [-0.05, 0) is 36.8 Å². The fourth-order valence-electron chi connectivity index (χ4n) is 2.76. The first kappa shape index (κ1) is 18.6. The van der Waals surface area contributed by atoms with E-state index in [0.29, 0.717) is 22.1 Å². The first-order valence-corrected chi connectivity index (χ1v) is 9.07. The highest BCUT2D eigenvalue weighted by molar-refractivity contribution is 6.31. The third-order valence-electron chi connectivity index (χ3n) is 4.31. The van der Waals surface area contributed by atoms with Crippen LogP contribution < -0.4 is 10.6 Å². The van der Waals surface area contributed by atoms with E-state index >= 15 is 0 Å². The van der Waals surface area contributed by atoms with Crippen molar-refractivity contribution < 1.29 is 9.53 Å². The van der Waals surface area contributed by atoms with E-state index in [1.807, 2.05) is 13.0 Å². The zero-order chi connectivity index (χ0) is 18.4. The van der Waals surface area contributed by atoms with Crippen molar-refractivity contribution in [3.63, 3.8) is 0 Å². The molecule has 1 aliphatic rings. The number of anilines is 2. The Labute approximate surface area is 158 Å². The maximum Gasteiger partial charge on any atom is 0.255 e. The highest BCUT2D eigenvalue weighted by atomic mass is 35.5. The maximum absolute atomic E-state index is 12.5. The molecule has 0 atom stereocenters. The summed E-state index contributed by atoms with van der Waals surface area (Å²) in [6.07, 6.45) is 1.64. The minimum absolute atomic E-state index is 0.186. The predicted molar refractivity (Wildman–Crippen MR) is 104 cm³/mol. The van der Waals surface area contributed by atoms with Crippen LogP contribution >= 0.6 is 11.6 Å². The number of carbonyl (C=O) groups is 1. The quantitative estimate of drug-likeness (QED) is 0.813. The molecule has 138 valence electrons. The number of hydrogen-bond donors (Lipinski definition) is 2. The number of morpholine rings is 1. The van der Waals surface area contributed by atoms with Crippen LogP contribution in [0.15, 0.2) is 36.5 Å². The van der Waals surface area contributed by atoms with Crippen molar-refractivity contribution >= 4 is 29.0 Å². The van der Waals surface area contributed by atoms with Crippen LogP contribution in [0.1, 0.15) is 15.9 Å². The maximum atomic E-state index is 12.5. The number of pyridine rings is 1. The molecular formula is C19H23ClN4O2. The number of carbonyl (C=O) groups excluding carboxylic acids is 1. The number of hydrogen-bond acceptors (Lipinski definition) is 5. The molecule has 1 aromatic heterocycles. The molecule has 3 rings (SSSR count). The van der Waals surface area contributed by atoms with Gasteiger partial charge >= 0.3 is 0 Å². The van der Waals surface area contributed by atoms with Gasteiger partial charge in [-0.15, -0.1) is 0 Å². The Morgan fingerprint density at radius 3 is 2.88 bits per heavy atom. The lowest BCUT2D eigenvalue weighted by molar-refractivity contribution is 0.0398. The number of halogens is 1. The number of benzene rings is 1. The lowest BCUT2D eigenvalue weighted by Crippen LogP contribution is -2.39. The summed E-state index contributed by atoms with van der Waals surface area (Å²) >= 11 is 6.01. The molecule has 2 aromatic rings. The Bertz CT molecular complexity index is 763. The molecule has 0 aliphatic carbocycles. The second-order valence-corrected chi connectivity index (χ2v) is 6.66. The lowest BCUT2D eigenvalue weighted by atomic mass is 10.2. The largest absolute Gasteiger partial charge is 0.379 e. The number of nitrogens with one attached hydrogen (secondary N) is 2. The number of aryl methyl sites for hydroxylation is 1. The van der Waals surface area contributed by atoms with Crippen molar-refractivity contribution in [2.45, 2.75) is 6.92 Å². The molecule has 0 saturated carbocycles. The third kappa shape index (κ3) is 5.17. The van der Waals surface area contributed by atoms with Crippen LogP contribution in [-0.2, 0) is 4.74 Å². The Balaban J connectivity index is 1.57. The van der Waals surface area contributed by atoms with Gasteiger partial charge in [-0.25, -0.2) is 4.98 Å². The molecule has 0 bridgehead atoms. The normalized spacial score (nSPS) is 14.8. The number of ether oxygens (including phenoxy) is 1. The average Bonchev–Trinajstić information content (AvgIpc) is 2.66. The molecule has 6 nitrogen and oxygen atoms in total. The van der Waals surface area contributed by atoms with Gasteiger partial charge in [-0.1, -0.05) is 17.7 Å². The van der Waals surface area contributed by atoms with Gasteiger partial charge < -0.3 is 15.4 Å². The molecule has 1 fully saturated rings. The molecule has 2 N–H and O–H groups in total. The zero-order valence-corrected chi connectivity index (χ0v) is 15.6. The van der Waals surface area contributed by atoms with E-state index in [1.165, 1.54) is 0 Å². The van der Waals surface area contributed by atoms with Crippen molar-refractivity contribution in [3.8, 4) is 0 Å². The van der Waals surface area contributed by atoms with E-state index in [-0.39, 0.29) is 5.91 Å². The molecule has 0 spiro atoms. The zero-order valence-electron chi connectivity index (χ0n) is 14.8. The van der Waals surface area contributed by atoms with E-state index in [9.17, 15) is 4.79 Å². The van der Waals surface area contributed by atoms with Crippen LogP contribution in [0, 0.1) is 6.92 Å². The summed E-state index contributed by atoms with van der Waals surface area (Å²) in [5.41, 5.74) is 2.22. The monoisotopic (exact) mass is 374 g/mol. The first-order chi connectivity index (χ1) is 12.6. The van der Waals surface area contributed by atoms with Gasteiger partial charge in [-0.2, -0.15) is 0 Å². The van der Waals surface area contributed by atoms with Crippen LogP contribution in [0.3, 0.4) is 0 Å². The van der Waals surface area contributed by atoms with Crippen molar-refractivity contribution in [1.29, 1.82) is 0 Å². The summed E-state index contributed by atoms with van der Waals surface area (Å²) in [4.78, 5) is 19.1. The van der Waals surface area contributed by atoms with Crippen LogP contribution in [0.2, 0.25) is 5.02 Å². The molecule has 1 aromatic carbocycles. The Morgan fingerprint density at radius 1 is 1.27 bits per heavy atom. The van der Waals surface area contributed by atoms with Gasteiger partial charge in [0.2, 0.25) is 0 Å². The molecule has 1 amide bonds. The topological polar surface area (TPSA) is 66.5 Å². The summed E-state index contributed by atoms with van der Waals surface area (Å²) < 4.78 is 5.34. The van der Waals surface area contributed by atoms with E-state index in [0.717, 1.165) is 45.0 Å². The van der Waals surface area contributed by atoms with Crippen LogP contribution in [0.25, 0.3) is 0 Å². The van der Waals surface area contributed by atoms with E-state index in [4.69, 9.17) is 16.3 Å². The lowest BCUT2D eigenvalue weighted by Gasteiger charge is -2.26. The molecule has 1 saturated heterocycles. The van der Waals surface area contributed by atoms with Crippen molar-refractivity contribution in [2.75, 3.05) is 50.0 Å². The molecular weight excluding hydrogens is 352 g/mol. The Morgan fingerprint density at radius 2 is 2.08 bits per heavy atom. The summed E-state index contributed by atoms with van der Waals surface area (Å²) in [6, 6.07) is 8.88. The second kappa shape index (κ2) is 8.98. The highest BCUT2D eigenvalue weighted by Crippen LogP contribution is 2.21. The second-order valence-electron chi connectivity index (χ2n) is 6.22. The van der Waals surface area contributed by atoms with Crippen molar-refractivity contribution in [1.82, 2.24) is 9.88 Å². The van der Waals surface area contributed by atoms with E-state index in [1.54, 1.807) is 30.5 Å². The highest BCUT2D eigenvalue weighted by Gasteiger charge is 2.11. The molecule has 7 heteroatoms. The minimum Gasteiger partial charge on any atom is -0.379 e. The third-order valence-corrected chi connectivity index (χ3v) is 4.54. The smallest absolute Gasteiger partial charge is 0.255 e. The van der Waals surface area contributed by atoms with Crippen molar-refractivity contribution in [2.24, 2.45) is 0 Å². The van der Waals surface area contributed by atoms with Gasteiger partial charge in [0.1, 0.15) is 5.82 Å². The fourth-order valence-corrected chi connectivity index (χ4v) is 2.93. The average molecular weight is 375 g/mol. The first-order valence-electron chi connectivity index (χ1n) is 8.69. The number of amides is 1. The molecule has 2 heterocycles. The van der Waals surface area contributed by atoms with Gasteiger partial charge in [0, 0.05) is 48.6 Å². The van der Waals surface area contributed by atoms with Gasteiger partial charge in [0.05, 0.1) is 13.2 Å². The SMILES string of the molecule is Cc1ccc(Cl)cc1NC(=O)c1ccnc(NCCN2CCOCC2)c1. The number of rotatable bonds is 6. The molecule has 26 heavy (non-hydrogen) atoms. The number of nitrogens with zero attached hydrogens (tertiary/aromatic N) is 2. The minimum atomic E-state index is -0.186. The summed E-state index contributed by atoms with van der Waals surface area (Å²) in [5.74, 6) is 0.503. The predicted octanol–water partition coefficient (Wildman–Crippen LogP) is 3.04. The molecule has 0 unspecified atom stereocenters. The van der Waals surface area contributed by atoms with E-state index < -0.39 is 0 Å². The molecule has 0 radical (unpaired) electrons. The van der Waals surface area contributed by atoms with Gasteiger partial charge in [-0.3, -0.25) is 9.69 Å². The summed E-state index contributed by atoms with van der Waals surface area (Å²) in [7, 11) is 0. The Kier molecular flexibility index (Phi) is 6.44. The summed E-state index contributed by atoms with van der Waals surface area (Å²) in [5, 5.41) is 6.77. The summed E-state index contributed by atoms with van der Waals surface area (Å²) in [6.45, 7) is 7.10. The Hall–Kier alpha value is -2.15. The van der Waals surface area contributed by atoms with E-state index in [2.05, 4.69) is 20.5 Å². The van der Waals surface area contributed by atoms with Crippen molar-refractivity contribution in [3.05, 3.63) is 52.7 Å². The van der Waals surface area contributed by atoms with Crippen LogP contribution in [0.5, 0.6) is 0 Å². The fraction of sp³-hybridized carbons (Fsp3) is 0.368.